The standard InChI is InChI=1S/C29H39N5O3/c1-35-24-7-8-25(27(20-24)36-2)29-26(21-31-15-17-37-18-16-31)34-10-9-23(19-28(34)30-29)33-13-11-32(12-14-33)22-5-3-4-6-22/h7-10,19-20,22H,3-6,11-18,21H2,1-2H3. The number of piperazine rings is 1. The van der Waals surface area contributed by atoms with Gasteiger partial charge in [0.2, 0.25) is 0 Å². The molecule has 0 atom stereocenters. The van der Waals surface area contributed by atoms with Gasteiger partial charge in [0.25, 0.3) is 0 Å². The van der Waals surface area contributed by atoms with Crippen LogP contribution in [0.5, 0.6) is 11.5 Å². The Morgan fingerprint density at radius 1 is 0.919 bits per heavy atom. The molecule has 37 heavy (non-hydrogen) atoms. The van der Waals surface area contributed by atoms with Gasteiger partial charge in [-0.25, -0.2) is 4.98 Å². The third-order valence-corrected chi connectivity index (χ3v) is 8.37. The zero-order valence-corrected chi connectivity index (χ0v) is 22.2. The maximum absolute atomic E-state index is 5.78. The highest BCUT2D eigenvalue weighted by Crippen LogP contribution is 2.36. The molecule has 6 rings (SSSR count). The highest BCUT2D eigenvalue weighted by atomic mass is 16.5. The lowest BCUT2D eigenvalue weighted by atomic mass is 10.1. The number of benzene rings is 1. The van der Waals surface area contributed by atoms with Crippen LogP contribution in [-0.4, -0.2) is 91.9 Å². The van der Waals surface area contributed by atoms with Crippen LogP contribution >= 0.6 is 0 Å². The molecule has 1 saturated carbocycles. The Morgan fingerprint density at radius 2 is 1.70 bits per heavy atom. The molecule has 3 aliphatic rings. The molecule has 0 unspecified atom stereocenters. The SMILES string of the molecule is COc1ccc(-c2nc3cc(N4CCN(C5CCCC5)CC4)ccn3c2CN2CCOCC2)c(OC)c1. The van der Waals surface area contributed by atoms with Gasteiger partial charge in [0.15, 0.2) is 0 Å². The summed E-state index contributed by atoms with van der Waals surface area (Å²) in [6.07, 6.45) is 7.76. The summed E-state index contributed by atoms with van der Waals surface area (Å²) in [4.78, 5) is 12.9. The number of imidazole rings is 1. The molecule has 0 N–H and O–H groups in total. The third-order valence-electron chi connectivity index (χ3n) is 8.37. The molecule has 4 heterocycles. The van der Waals surface area contributed by atoms with E-state index in [2.05, 4.69) is 43.5 Å². The fourth-order valence-electron chi connectivity index (χ4n) is 6.23. The molecule has 2 aromatic heterocycles. The van der Waals surface area contributed by atoms with Crippen LogP contribution in [0.1, 0.15) is 31.4 Å². The van der Waals surface area contributed by atoms with Crippen LogP contribution in [0.25, 0.3) is 16.9 Å². The molecule has 0 bridgehead atoms. The van der Waals surface area contributed by atoms with E-state index in [1.165, 1.54) is 37.1 Å². The first kappa shape index (κ1) is 24.5. The molecular formula is C29H39N5O3. The average Bonchev–Trinajstić information content (AvgIpc) is 3.62. The molecule has 3 fully saturated rings. The highest BCUT2D eigenvalue weighted by molar-refractivity contribution is 5.74. The van der Waals surface area contributed by atoms with Crippen molar-refractivity contribution in [2.75, 3.05) is 71.6 Å². The van der Waals surface area contributed by atoms with Gasteiger partial charge in [0.1, 0.15) is 17.1 Å². The smallest absolute Gasteiger partial charge is 0.139 e. The predicted molar refractivity (Wildman–Crippen MR) is 146 cm³/mol. The number of hydrogen-bond donors (Lipinski definition) is 0. The number of hydrogen-bond acceptors (Lipinski definition) is 7. The lowest BCUT2D eigenvalue weighted by Crippen LogP contribution is -2.49. The molecule has 198 valence electrons. The van der Waals surface area contributed by atoms with Crippen LogP contribution < -0.4 is 14.4 Å². The second kappa shape index (κ2) is 10.9. The van der Waals surface area contributed by atoms with E-state index in [-0.39, 0.29) is 0 Å². The summed E-state index contributed by atoms with van der Waals surface area (Å²) in [7, 11) is 3.39. The van der Waals surface area contributed by atoms with E-state index in [1.54, 1.807) is 14.2 Å². The van der Waals surface area contributed by atoms with E-state index < -0.39 is 0 Å². The normalized spacial score (nSPS) is 20.1. The fourth-order valence-corrected chi connectivity index (χ4v) is 6.23. The summed E-state index contributed by atoms with van der Waals surface area (Å²) in [5.41, 5.74) is 5.37. The first-order valence-electron chi connectivity index (χ1n) is 13.8. The van der Waals surface area contributed by atoms with Crippen molar-refractivity contribution < 1.29 is 14.2 Å². The van der Waals surface area contributed by atoms with Crippen molar-refractivity contribution in [2.24, 2.45) is 0 Å². The molecule has 8 nitrogen and oxygen atoms in total. The second-order valence-corrected chi connectivity index (χ2v) is 10.4. The molecule has 2 saturated heterocycles. The molecule has 3 aromatic rings. The number of ether oxygens (including phenoxy) is 3. The number of fused-ring (bicyclic) bond motifs is 1. The Labute approximate surface area is 219 Å². The minimum Gasteiger partial charge on any atom is -0.497 e. The Bertz CT molecular complexity index is 1210. The Kier molecular flexibility index (Phi) is 7.22. The van der Waals surface area contributed by atoms with Gasteiger partial charge in [-0.15, -0.1) is 0 Å². The minimum atomic E-state index is 0.772. The number of pyridine rings is 1. The van der Waals surface area contributed by atoms with Gasteiger partial charge in [-0.3, -0.25) is 9.80 Å². The average molecular weight is 506 g/mol. The Hall–Kier alpha value is -2.81. The summed E-state index contributed by atoms with van der Waals surface area (Å²) < 4.78 is 19.1. The van der Waals surface area contributed by atoms with Gasteiger partial charge in [0.05, 0.1) is 38.8 Å². The van der Waals surface area contributed by atoms with Gasteiger partial charge >= 0.3 is 0 Å². The molecule has 0 radical (unpaired) electrons. The van der Waals surface area contributed by atoms with Crippen LogP contribution in [-0.2, 0) is 11.3 Å². The van der Waals surface area contributed by atoms with Gasteiger partial charge in [-0.2, -0.15) is 0 Å². The fraction of sp³-hybridized carbons (Fsp3) is 0.552. The predicted octanol–water partition coefficient (Wildman–Crippen LogP) is 3.92. The van der Waals surface area contributed by atoms with Crippen molar-refractivity contribution in [1.29, 1.82) is 0 Å². The first-order valence-corrected chi connectivity index (χ1v) is 13.8. The van der Waals surface area contributed by atoms with Crippen molar-refractivity contribution in [1.82, 2.24) is 19.2 Å². The number of nitrogens with zero attached hydrogens (tertiary/aromatic N) is 5. The van der Waals surface area contributed by atoms with Crippen LogP contribution in [0.15, 0.2) is 36.5 Å². The molecule has 2 aliphatic heterocycles. The minimum absolute atomic E-state index is 0.772. The van der Waals surface area contributed by atoms with Crippen LogP contribution in [0.2, 0.25) is 0 Å². The van der Waals surface area contributed by atoms with Crippen LogP contribution in [0.4, 0.5) is 5.69 Å². The Morgan fingerprint density at radius 3 is 2.43 bits per heavy atom. The summed E-state index contributed by atoms with van der Waals surface area (Å²) in [5.74, 6) is 1.55. The topological polar surface area (TPSA) is 54.7 Å². The molecular weight excluding hydrogens is 466 g/mol. The summed E-state index contributed by atoms with van der Waals surface area (Å²) in [6.45, 7) is 8.67. The monoisotopic (exact) mass is 505 g/mol. The maximum atomic E-state index is 5.78. The van der Waals surface area contributed by atoms with Crippen molar-refractivity contribution in [3.8, 4) is 22.8 Å². The zero-order chi connectivity index (χ0) is 25.2. The van der Waals surface area contributed by atoms with E-state index in [1.807, 2.05) is 12.1 Å². The largest absolute Gasteiger partial charge is 0.497 e. The summed E-state index contributed by atoms with van der Waals surface area (Å²) >= 11 is 0. The van der Waals surface area contributed by atoms with Gasteiger partial charge in [0, 0.05) is 81.4 Å². The van der Waals surface area contributed by atoms with Gasteiger partial charge < -0.3 is 23.5 Å². The van der Waals surface area contributed by atoms with E-state index in [4.69, 9.17) is 19.2 Å². The number of aromatic nitrogens is 2. The van der Waals surface area contributed by atoms with Crippen LogP contribution in [0, 0.1) is 0 Å². The van der Waals surface area contributed by atoms with Crippen molar-refractivity contribution >= 4 is 11.3 Å². The number of anilines is 1. The summed E-state index contributed by atoms with van der Waals surface area (Å²) in [6, 6.07) is 11.3. The van der Waals surface area contributed by atoms with Crippen molar-refractivity contribution in [3.63, 3.8) is 0 Å². The number of methoxy groups -OCH3 is 2. The van der Waals surface area contributed by atoms with Gasteiger partial charge in [-0.1, -0.05) is 12.8 Å². The lowest BCUT2D eigenvalue weighted by molar-refractivity contribution is 0.0336. The zero-order valence-electron chi connectivity index (χ0n) is 22.2. The first-order chi connectivity index (χ1) is 18.2. The van der Waals surface area contributed by atoms with E-state index in [0.717, 1.165) is 93.5 Å². The van der Waals surface area contributed by atoms with Crippen molar-refractivity contribution in [3.05, 3.63) is 42.2 Å². The third kappa shape index (κ3) is 5.02. The number of morpholine rings is 1. The van der Waals surface area contributed by atoms with Gasteiger partial charge in [-0.05, 0) is 31.0 Å². The van der Waals surface area contributed by atoms with E-state index in [0.29, 0.717) is 0 Å². The molecule has 1 aliphatic carbocycles. The maximum Gasteiger partial charge on any atom is 0.139 e. The molecule has 0 amide bonds. The highest BCUT2D eigenvalue weighted by Gasteiger charge is 2.27. The summed E-state index contributed by atoms with van der Waals surface area (Å²) in [5, 5.41) is 0. The van der Waals surface area contributed by atoms with Crippen LogP contribution in [0.3, 0.4) is 0 Å². The molecule has 8 heteroatoms. The van der Waals surface area contributed by atoms with E-state index in [9.17, 15) is 0 Å². The lowest BCUT2D eigenvalue weighted by Gasteiger charge is -2.39. The van der Waals surface area contributed by atoms with Crippen molar-refractivity contribution in [2.45, 2.75) is 38.3 Å². The number of rotatable bonds is 7. The molecule has 0 spiro atoms. The second-order valence-electron chi connectivity index (χ2n) is 10.4. The quantitative estimate of drug-likeness (QED) is 0.483. The molecule has 1 aromatic carbocycles. The Balaban J connectivity index is 1.32. The van der Waals surface area contributed by atoms with E-state index >= 15 is 0 Å².